The van der Waals surface area contributed by atoms with E-state index in [4.69, 9.17) is 5.11 Å². The topological polar surface area (TPSA) is 201 Å². The molecule has 0 fully saturated rings. The van der Waals surface area contributed by atoms with Gasteiger partial charge in [-0.15, -0.1) is 11.3 Å². The lowest BCUT2D eigenvalue weighted by atomic mass is 10.0. The number of nitrogens with one attached hydrogen (secondary N) is 2. The van der Waals surface area contributed by atoms with Crippen molar-refractivity contribution in [3.8, 4) is 0 Å². The third-order valence-electron chi connectivity index (χ3n) is 9.72. The van der Waals surface area contributed by atoms with Crippen LogP contribution in [0.25, 0.3) is 0 Å². The monoisotopic (exact) mass is 922 g/mol. The second-order valence-electron chi connectivity index (χ2n) is 14.3. The van der Waals surface area contributed by atoms with Gasteiger partial charge in [0, 0.05) is 5.38 Å². The highest BCUT2D eigenvalue weighted by molar-refractivity contribution is 7.95. The molecule has 6 aromatic carbocycles. The van der Waals surface area contributed by atoms with Gasteiger partial charge in [0.2, 0.25) is 9.84 Å². The fourth-order valence-corrected chi connectivity index (χ4v) is 11.7. The molecule has 0 saturated heterocycles. The molecule has 7 rings (SSSR count). The number of para-hydroxylation sites is 2. The molecule has 0 atom stereocenters. The van der Waals surface area contributed by atoms with Gasteiger partial charge in [-0.25, -0.2) is 34.8 Å². The van der Waals surface area contributed by atoms with Gasteiger partial charge in [-0.2, -0.15) is 0 Å². The number of hydrogen-bond acceptors (Lipinski definition) is 9. The smallest absolute Gasteiger partial charge is 0.335 e. The van der Waals surface area contributed by atoms with Gasteiger partial charge in [0.25, 0.3) is 20.0 Å². The van der Waals surface area contributed by atoms with E-state index in [1.165, 1.54) is 23.6 Å². The third-order valence-corrected chi connectivity index (χ3v) is 15.8. The van der Waals surface area contributed by atoms with Crippen molar-refractivity contribution < 1.29 is 45.1 Å². The number of carbonyl (C=O) groups is 2. The van der Waals surface area contributed by atoms with Crippen LogP contribution in [0.2, 0.25) is 0 Å². The predicted octanol–water partition coefficient (Wildman–Crippen LogP) is 9.14. The van der Waals surface area contributed by atoms with E-state index in [1.807, 2.05) is 37.3 Å². The highest BCUT2D eigenvalue weighted by Gasteiger charge is 2.25. The van der Waals surface area contributed by atoms with E-state index in [-0.39, 0.29) is 30.0 Å². The summed E-state index contributed by atoms with van der Waals surface area (Å²) in [7, 11) is -11.6. The van der Waals surface area contributed by atoms with Crippen molar-refractivity contribution in [1.29, 1.82) is 0 Å². The second kappa shape index (κ2) is 20.1. The molecule has 0 aliphatic heterocycles. The maximum Gasteiger partial charge on any atom is 0.335 e. The van der Waals surface area contributed by atoms with Crippen LogP contribution in [-0.4, -0.2) is 47.4 Å². The van der Waals surface area contributed by atoms with Crippen LogP contribution < -0.4 is 9.44 Å². The Kier molecular flexibility index (Phi) is 14.6. The van der Waals surface area contributed by atoms with E-state index in [2.05, 4.69) is 9.44 Å². The van der Waals surface area contributed by atoms with Crippen LogP contribution in [0.3, 0.4) is 0 Å². The zero-order valence-electron chi connectivity index (χ0n) is 33.7. The minimum atomic E-state index is -4.03. The molecule has 324 valence electrons. The molecule has 1 aromatic heterocycles. The van der Waals surface area contributed by atoms with Crippen molar-refractivity contribution in [2.75, 3.05) is 9.44 Å². The van der Waals surface area contributed by atoms with Crippen molar-refractivity contribution in [2.45, 2.75) is 51.5 Å². The Morgan fingerprint density at radius 1 is 0.492 bits per heavy atom. The molecule has 0 spiro atoms. The molecule has 63 heavy (non-hydrogen) atoms. The minimum absolute atomic E-state index is 0.0827. The first-order valence-corrected chi connectivity index (χ1v) is 24.7. The van der Waals surface area contributed by atoms with Crippen LogP contribution >= 0.6 is 11.3 Å². The van der Waals surface area contributed by atoms with Gasteiger partial charge < -0.3 is 10.2 Å². The van der Waals surface area contributed by atoms with E-state index in [0.717, 1.165) is 45.2 Å². The number of sulfone groups is 1. The van der Waals surface area contributed by atoms with Crippen LogP contribution in [0.4, 0.5) is 11.4 Å². The summed E-state index contributed by atoms with van der Waals surface area (Å²) < 4.78 is 82.4. The lowest BCUT2D eigenvalue weighted by Crippen LogP contribution is -2.14. The maximum atomic E-state index is 13.1. The van der Waals surface area contributed by atoms with E-state index >= 15 is 0 Å². The molecule has 4 N–H and O–H groups in total. The Bertz CT molecular complexity index is 3100. The molecule has 0 bridgehead atoms. The largest absolute Gasteiger partial charge is 0.478 e. The van der Waals surface area contributed by atoms with E-state index in [0.29, 0.717) is 37.1 Å². The van der Waals surface area contributed by atoms with Crippen LogP contribution in [0.15, 0.2) is 182 Å². The number of benzene rings is 6. The van der Waals surface area contributed by atoms with Crippen LogP contribution in [0.5, 0.6) is 0 Å². The Morgan fingerprint density at radius 2 is 0.968 bits per heavy atom. The first-order chi connectivity index (χ1) is 30.0. The summed E-state index contributed by atoms with van der Waals surface area (Å²) in [4.78, 5) is 22.6. The standard InChI is InChI=1S/C25H21NO6S3.C22H21NO4S/c27-25(28)20-9-6-7-18(15-20)13-14-19-8-4-5-12-23(19)26-35(31,32)24-16-22(17-33-24)34(29,30)21-10-2-1-3-11-21;1-16-6-4-10-20(14-16)28(26,27)23-21-11-3-2-8-18(21)13-12-17-7-5-9-19(15-17)22(24)25/h1-12,15-17,26H,13-14H2,(H,27,28);2-11,14-15,23H,12-13H2,1H3,(H,24,25). The molecule has 1 heterocycles. The van der Waals surface area contributed by atoms with Crippen molar-refractivity contribution in [3.05, 3.63) is 202 Å². The average molecular weight is 923 g/mol. The van der Waals surface area contributed by atoms with Crippen molar-refractivity contribution >= 4 is 64.5 Å². The van der Waals surface area contributed by atoms with Crippen LogP contribution in [-0.2, 0) is 55.6 Å². The SMILES string of the molecule is Cc1cccc(S(=O)(=O)Nc2ccccc2CCc2cccc(C(=O)O)c2)c1.O=C(O)c1cccc(CCc2ccccc2NS(=O)(=O)c2cc(S(=O)(=O)c3ccccc3)cs2)c1. The van der Waals surface area contributed by atoms with Gasteiger partial charge in [-0.1, -0.05) is 91.0 Å². The van der Waals surface area contributed by atoms with Crippen molar-refractivity contribution in [1.82, 2.24) is 0 Å². The Labute approximate surface area is 370 Å². The highest BCUT2D eigenvalue weighted by atomic mass is 32.2. The van der Waals surface area contributed by atoms with Gasteiger partial charge >= 0.3 is 11.9 Å². The minimum Gasteiger partial charge on any atom is -0.478 e. The summed E-state index contributed by atoms with van der Waals surface area (Å²) in [6.07, 6.45) is 2.16. The number of rotatable bonds is 16. The number of sulfonamides is 2. The Hall–Kier alpha value is -6.59. The highest BCUT2D eigenvalue weighted by Crippen LogP contribution is 2.31. The number of carboxylic acids is 2. The molecule has 0 aliphatic rings. The van der Waals surface area contributed by atoms with E-state index in [9.17, 15) is 39.9 Å². The van der Waals surface area contributed by atoms with Crippen LogP contribution in [0.1, 0.15) is 48.5 Å². The average Bonchev–Trinajstić information content (AvgIpc) is 3.80. The number of carboxylic acid groups (broad SMARTS) is 2. The second-order valence-corrected chi connectivity index (χ2v) is 20.7. The normalized spacial score (nSPS) is 11.5. The maximum absolute atomic E-state index is 13.1. The molecule has 7 aromatic rings. The van der Waals surface area contributed by atoms with Gasteiger partial charge in [0.15, 0.2) is 0 Å². The summed E-state index contributed by atoms with van der Waals surface area (Å²) in [5, 5.41) is 19.6. The Morgan fingerprint density at radius 3 is 1.49 bits per heavy atom. The fraction of sp³-hybridized carbons (Fsp3) is 0.106. The lowest BCUT2D eigenvalue weighted by Gasteiger charge is -2.13. The molecule has 0 saturated carbocycles. The molecule has 0 amide bonds. The molecule has 12 nitrogen and oxygen atoms in total. The van der Waals surface area contributed by atoms with Crippen molar-refractivity contribution in [2.24, 2.45) is 0 Å². The number of aryl methyl sites for hydroxylation is 5. The number of anilines is 2. The molecule has 0 unspecified atom stereocenters. The van der Waals surface area contributed by atoms with E-state index < -0.39 is 41.8 Å². The molecule has 0 radical (unpaired) electrons. The first kappa shape index (κ1) is 45.9. The van der Waals surface area contributed by atoms with E-state index in [1.54, 1.807) is 103 Å². The fourth-order valence-electron chi connectivity index (χ4n) is 6.45. The van der Waals surface area contributed by atoms with Gasteiger partial charge in [0.1, 0.15) is 4.21 Å². The summed E-state index contributed by atoms with van der Waals surface area (Å²) in [5.74, 6) is -1.97. The summed E-state index contributed by atoms with van der Waals surface area (Å²) in [5.41, 5.74) is 5.48. The van der Waals surface area contributed by atoms with Crippen LogP contribution in [0, 0.1) is 6.92 Å². The number of aromatic carboxylic acids is 2. The lowest BCUT2D eigenvalue weighted by molar-refractivity contribution is 0.0686. The van der Waals surface area contributed by atoms with Gasteiger partial charge in [0.05, 0.1) is 37.2 Å². The summed E-state index contributed by atoms with van der Waals surface area (Å²) >= 11 is 0.832. The molecule has 0 aliphatic carbocycles. The quantitative estimate of drug-likeness (QED) is 0.0724. The molecular weight excluding hydrogens is 881 g/mol. The Balaban J connectivity index is 0.000000215. The summed E-state index contributed by atoms with van der Waals surface area (Å²) in [6.45, 7) is 1.85. The first-order valence-electron chi connectivity index (χ1n) is 19.3. The zero-order chi connectivity index (χ0) is 45.2. The number of hydrogen-bond donors (Lipinski definition) is 4. The molecule has 16 heteroatoms. The zero-order valence-corrected chi connectivity index (χ0v) is 37.0. The summed E-state index contributed by atoms with van der Waals surface area (Å²) in [6, 6.07) is 43.3. The molecular formula is C47H42N2O10S4. The van der Waals surface area contributed by atoms with Crippen molar-refractivity contribution in [3.63, 3.8) is 0 Å². The van der Waals surface area contributed by atoms with Gasteiger partial charge in [-0.3, -0.25) is 9.44 Å². The third kappa shape index (κ3) is 12.1. The van der Waals surface area contributed by atoms with Gasteiger partial charge in [-0.05, 0) is 127 Å². The number of thiophene rings is 1. The predicted molar refractivity (Wildman–Crippen MR) is 244 cm³/mol.